The molecule has 1 atom stereocenters. The van der Waals surface area contributed by atoms with Gasteiger partial charge in [0.05, 0.1) is 6.07 Å². The van der Waals surface area contributed by atoms with Crippen molar-refractivity contribution < 1.29 is 0 Å². The molecule has 0 radical (unpaired) electrons. The van der Waals surface area contributed by atoms with Crippen LogP contribution in [0.2, 0.25) is 0 Å². The van der Waals surface area contributed by atoms with Crippen LogP contribution in [0.1, 0.15) is 18.0 Å². The van der Waals surface area contributed by atoms with Crippen molar-refractivity contribution >= 4 is 0 Å². The van der Waals surface area contributed by atoms with E-state index in [1.54, 1.807) is 0 Å². The summed E-state index contributed by atoms with van der Waals surface area (Å²) in [5, 5.41) is 8.53. The third-order valence-electron chi connectivity index (χ3n) is 2.52. The van der Waals surface area contributed by atoms with Crippen molar-refractivity contribution in [3.63, 3.8) is 0 Å². The van der Waals surface area contributed by atoms with E-state index >= 15 is 0 Å². The summed E-state index contributed by atoms with van der Waals surface area (Å²) in [6.07, 6.45) is 0.542. The Kier molecular flexibility index (Phi) is 4.82. The molecule has 1 aromatic rings. The van der Waals surface area contributed by atoms with E-state index in [9.17, 15) is 0 Å². The van der Waals surface area contributed by atoms with Gasteiger partial charge in [-0.3, -0.25) is 4.90 Å². The predicted molar refractivity (Wildman–Crippen MR) is 61.1 cm³/mol. The highest BCUT2D eigenvalue weighted by molar-refractivity contribution is 5.19. The SMILES string of the molecule is CN(CCC#N)C(CN)c1ccccc1. The number of nitrogens with zero attached hydrogens (tertiary/aromatic N) is 2. The van der Waals surface area contributed by atoms with E-state index in [-0.39, 0.29) is 6.04 Å². The second-order valence-electron chi connectivity index (χ2n) is 3.55. The number of nitrogens with two attached hydrogens (primary N) is 1. The third kappa shape index (κ3) is 3.35. The number of hydrogen-bond acceptors (Lipinski definition) is 3. The molecule has 0 aliphatic heterocycles. The molecule has 2 N–H and O–H groups in total. The molecule has 0 heterocycles. The first-order valence-corrected chi connectivity index (χ1v) is 5.11. The van der Waals surface area contributed by atoms with Crippen molar-refractivity contribution in [2.45, 2.75) is 12.5 Å². The fourth-order valence-corrected chi connectivity index (χ4v) is 1.63. The highest BCUT2D eigenvalue weighted by atomic mass is 15.1. The summed E-state index contributed by atoms with van der Waals surface area (Å²) in [4.78, 5) is 2.12. The zero-order valence-electron chi connectivity index (χ0n) is 9.06. The average molecular weight is 203 g/mol. The Bertz CT molecular complexity index is 315. The van der Waals surface area contributed by atoms with Gasteiger partial charge in [-0.1, -0.05) is 30.3 Å². The normalized spacial score (nSPS) is 12.4. The van der Waals surface area contributed by atoms with Gasteiger partial charge in [-0.15, -0.1) is 0 Å². The Balaban J connectivity index is 2.68. The molecule has 0 amide bonds. The molecule has 0 saturated carbocycles. The quantitative estimate of drug-likeness (QED) is 0.789. The second kappa shape index (κ2) is 6.18. The maximum absolute atomic E-state index is 8.53. The predicted octanol–water partition coefficient (Wildman–Crippen LogP) is 1.53. The first kappa shape index (κ1) is 11.7. The Morgan fingerprint density at radius 3 is 2.60 bits per heavy atom. The standard InChI is InChI=1S/C12H17N3/c1-15(9-5-8-13)12(10-14)11-6-3-2-4-7-11/h2-4,6-7,12H,5,9-10,14H2,1H3. The zero-order chi connectivity index (χ0) is 11.1. The van der Waals surface area contributed by atoms with E-state index in [2.05, 4.69) is 23.1 Å². The fraction of sp³-hybridized carbons (Fsp3) is 0.417. The lowest BCUT2D eigenvalue weighted by Gasteiger charge is -2.26. The molecule has 15 heavy (non-hydrogen) atoms. The van der Waals surface area contributed by atoms with Crippen molar-refractivity contribution in [1.82, 2.24) is 4.90 Å². The molecule has 0 bridgehead atoms. The molecular formula is C12H17N3. The van der Waals surface area contributed by atoms with Gasteiger partial charge in [0.1, 0.15) is 0 Å². The number of benzene rings is 1. The molecule has 80 valence electrons. The number of rotatable bonds is 5. The van der Waals surface area contributed by atoms with Crippen LogP contribution in [0.15, 0.2) is 30.3 Å². The van der Waals surface area contributed by atoms with Gasteiger partial charge in [-0.05, 0) is 12.6 Å². The number of nitriles is 1. The van der Waals surface area contributed by atoms with Gasteiger partial charge in [-0.25, -0.2) is 0 Å². The van der Waals surface area contributed by atoms with Crippen molar-refractivity contribution in [1.29, 1.82) is 5.26 Å². The summed E-state index contributed by atoms with van der Waals surface area (Å²) in [5.41, 5.74) is 6.96. The van der Waals surface area contributed by atoms with Crippen LogP contribution >= 0.6 is 0 Å². The molecular weight excluding hydrogens is 186 g/mol. The summed E-state index contributed by atoms with van der Waals surface area (Å²) >= 11 is 0. The van der Waals surface area contributed by atoms with E-state index in [4.69, 9.17) is 11.0 Å². The fourth-order valence-electron chi connectivity index (χ4n) is 1.63. The Morgan fingerprint density at radius 2 is 2.07 bits per heavy atom. The molecule has 1 rings (SSSR count). The smallest absolute Gasteiger partial charge is 0.0635 e. The summed E-state index contributed by atoms with van der Waals surface area (Å²) < 4.78 is 0. The summed E-state index contributed by atoms with van der Waals surface area (Å²) in [7, 11) is 2.00. The van der Waals surface area contributed by atoms with Gasteiger partial charge in [0.2, 0.25) is 0 Å². The van der Waals surface area contributed by atoms with Gasteiger partial charge in [-0.2, -0.15) is 5.26 Å². The van der Waals surface area contributed by atoms with Crippen LogP contribution in [0, 0.1) is 11.3 Å². The van der Waals surface area contributed by atoms with Crippen LogP contribution in [0.4, 0.5) is 0 Å². The van der Waals surface area contributed by atoms with E-state index < -0.39 is 0 Å². The van der Waals surface area contributed by atoms with Crippen LogP contribution in [0.5, 0.6) is 0 Å². The second-order valence-corrected chi connectivity index (χ2v) is 3.55. The first-order chi connectivity index (χ1) is 7.29. The molecule has 1 unspecified atom stereocenters. The van der Waals surface area contributed by atoms with Crippen LogP contribution in [0.25, 0.3) is 0 Å². The summed E-state index contributed by atoms with van der Waals surface area (Å²) in [6.45, 7) is 1.33. The molecule has 3 heteroatoms. The van der Waals surface area contributed by atoms with E-state index in [0.717, 1.165) is 6.54 Å². The largest absolute Gasteiger partial charge is 0.329 e. The average Bonchev–Trinajstić information content (AvgIpc) is 2.29. The van der Waals surface area contributed by atoms with Crippen LogP contribution < -0.4 is 5.73 Å². The van der Waals surface area contributed by atoms with E-state index in [0.29, 0.717) is 13.0 Å². The van der Waals surface area contributed by atoms with Crippen LogP contribution in [0.3, 0.4) is 0 Å². The van der Waals surface area contributed by atoms with Crippen molar-refractivity contribution in [3.05, 3.63) is 35.9 Å². The minimum Gasteiger partial charge on any atom is -0.329 e. The van der Waals surface area contributed by atoms with Gasteiger partial charge in [0.25, 0.3) is 0 Å². The lowest BCUT2D eigenvalue weighted by atomic mass is 10.1. The minimum atomic E-state index is 0.208. The zero-order valence-corrected chi connectivity index (χ0v) is 9.06. The van der Waals surface area contributed by atoms with Gasteiger partial charge in [0.15, 0.2) is 0 Å². The highest BCUT2D eigenvalue weighted by Crippen LogP contribution is 2.17. The van der Waals surface area contributed by atoms with Crippen molar-refractivity contribution in [2.75, 3.05) is 20.1 Å². The molecule has 0 aliphatic carbocycles. The first-order valence-electron chi connectivity index (χ1n) is 5.11. The van der Waals surface area contributed by atoms with Gasteiger partial charge in [0, 0.05) is 25.6 Å². The highest BCUT2D eigenvalue weighted by Gasteiger charge is 2.13. The van der Waals surface area contributed by atoms with Crippen molar-refractivity contribution in [2.24, 2.45) is 5.73 Å². The Morgan fingerprint density at radius 1 is 1.40 bits per heavy atom. The van der Waals surface area contributed by atoms with E-state index in [1.165, 1.54) is 5.56 Å². The molecule has 0 aromatic heterocycles. The number of hydrogen-bond donors (Lipinski definition) is 1. The molecule has 1 aromatic carbocycles. The van der Waals surface area contributed by atoms with Crippen molar-refractivity contribution in [3.8, 4) is 6.07 Å². The number of likely N-dealkylation sites (N-methyl/N-ethyl adjacent to an activating group) is 1. The summed E-state index contributed by atoms with van der Waals surface area (Å²) in [6, 6.07) is 12.5. The third-order valence-corrected chi connectivity index (χ3v) is 2.52. The topological polar surface area (TPSA) is 53.0 Å². The molecule has 0 aliphatic rings. The maximum atomic E-state index is 8.53. The molecule has 0 spiro atoms. The Hall–Kier alpha value is -1.37. The Labute approximate surface area is 91.1 Å². The molecule has 0 fully saturated rings. The minimum absolute atomic E-state index is 0.208. The lowest BCUT2D eigenvalue weighted by molar-refractivity contribution is 0.256. The summed E-state index contributed by atoms with van der Waals surface area (Å²) in [5.74, 6) is 0. The van der Waals surface area contributed by atoms with Crippen LogP contribution in [-0.4, -0.2) is 25.0 Å². The van der Waals surface area contributed by atoms with Gasteiger partial charge >= 0.3 is 0 Å². The lowest BCUT2D eigenvalue weighted by Crippen LogP contribution is -2.31. The monoisotopic (exact) mass is 203 g/mol. The maximum Gasteiger partial charge on any atom is 0.0635 e. The molecule has 3 nitrogen and oxygen atoms in total. The van der Waals surface area contributed by atoms with Gasteiger partial charge < -0.3 is 5.73 Å². The molecule has 0 saturated heterocycles. The van der Waals surface area contributed by atoms with Crippen LogP contribution in [-0.2, 0) is 0 Å². The van der Waals surface area contributed by atoms with E-state index in [1.807, 2.05) is 25.2 Å².